The number of methoxy groups -OCH3 is 1. The third kappa shape index (κ3) is 5.58. The van der Waals surface area contributed by atoms with E-state index in [-0.39, 0.29) is 29.9 Å². The average molecular weight is 404 g/mol. The average Bonchev–Trinajstić information content (AvgIpc) is 2.86. The summed E-state index contributed by atoms with van der Waals surface area (Å²) in [6.07, 6.45) is 1.53. The van der Waals surface area contributed by atoms with E-state index in [4.69, 9.17) is 4.74 Å². The zero-order valence-electron chi connectivity index (χ0n) is 13.2. The molecule has 5 nitrogen and oxygen atoms in total. The minimum absolute atomic E-state index is 0.0227. The summed E-state index contributed by atoms with van der Waals surface area (Å²) in [5.74, 6) is 0.223. The predicted octanol–water partition coefficient (Wildman–Crippen LogP) is 2.04. The van der Waals surface area contributed by atoms with E-state index in [2.05, 4.69) is 15.9 Å². The van der Waals surface area contributed by atoms with Gasteiger partial charge >= 0.3 is 0 Å². The Kier molecular flexibility index (Phi) is 6.61. The quantitative estimate of drug-likeness (QED) is 0.653. The molecule has 0 spiro atoms. The lowest BCUT2D eigenvalue weighted by Crippen LogP contribution is -2.42. The number of halogens is 1. The van der Waals surface area contributed by atoms with Crippen LogP contribution in [0.25, 0.3) is 0 Å². The summed E-state index contributed by atoms with van der Waals surface area (Å²) in [5, 5.41) is 0. The molecule has 0 N–H and O–H groups in total. The fourth-order valence-electron chi connectivity index (χ4n) is 2.79. The molecule has 1 fully saturated rings. The number of hydrogen-bond donors (Lipinski definition) is 0. The minimum atomic E-state index is -3.01. The lowest BCUT2D eigenvalue weighted by atomic mass is 10.1. The van der Waals surface area contributed by atoms with Gasteiger partial charge in [0.1, 0.15) is 0 Å². The monoisotopic (exact) mass is 403 g/mol. The molecule has 0 saturated carbocycles. The van der Waals surface area contributed by atoms with Crippen molar-refractivity contribution in [2.45, 2.75) is 25.3 Å². The van der Waals surface area contributed by atoms with E-state index in [1.54, 1.807) is 12.0 Å². The van der Waals surface area contributed by atoms with Crippen LogP contribution in [0.4, 0.5) is 0 Å². The van der Waals surface area contributed by atoms with Crippen LogP contribution >= 0.6 is 15.9 Å². The number of hydrogen-bond acceptors (Lipinski definition) is 4. The first kappa shape index (κ1) is 18.4. The first-order chi connectivity index (χ1) is 10.9. The Balaban J connectivity index is 2.05. The Morgan fingerprint density at radius 2 is 2.04 bits per heavy atom. The zero-order chi connectivity index (χ0) is 16.9. The molecule has 1 aliphatic heterocycles. The fraction of sp³-hybridized carbons (Fsp3) is 0.562. The van der Waals surface area contributed by atoms with Crippen molar-refractivity contribution in [1.82, 2.24) is 4.90 Å². The molecule has 0 aromatic heterocycles. The molecule has 0 aliphatic carbocycles. The Morgan fingerprint density at radius 3 is 2.61 bits per heavy atom. The summed E-state index contributed by atoms with van der Waals surface area (Å²) in [7, 11) is -1.40. The molecule has 1 heterocycles. The second-order valence-corrected chi connectivity index (χ2v) is 8.94. The highest BCUT2D eigenvalue weighted by molar-refractivity contribution is 9.10. The molecule has 1 atom stereocenters. The van der Waals surface area contributed by atoms with Gasteiger partial charge in [-0.3, -0.25) is 4.79 Å². The summed E-state index contributed by atoms with van der Waals surface area (Å²) in [5.41, 5.74) is 0.927. The number of benzene rings is 1. The normalized spacial score (nSPS) is 19.7. The lowest BCUT2D eigenvalue weighted by Gasteiger charge is -2.28. The smallest absolute Gasteiger partial charge is 0.227 e. The molecule has 0 radical (unpaired) electrons. The van der Waals surface area contributed by atoms with Crippen LogP contribution in [0.5, 0.6) is 0 Å². The van der Waals surface area contributed by atoms with Crippen LogP contribution in [-0.4, -0.2) is 57.0 Å². The standard InChI is InChI=1S/C16H22BrNO4S/c1-22-9-2-8-18(15-7-10-23(20,21)12-15)16(19)11-13-3-5-14(17)6-4-13/h3-6,15H,2,7-12H2,1H3. The van der Waals surface area contributed by atoms with Crippen molar-refractivity contribution in [3.8, 4) is 0 Å². The van der Waals surface area contributed by atoms with Crippen LogP contribution < -0.4 is 0 Å². The third-order valence-electron chi connectivity index (χ3n) is 3.99. The fourth-order valence-corrected chi connectivity index (χ4v) is 4.78. The van der Waals surface area contributed by atoms with E-state index >= 15 is 0 Å². The van der Waals surface area contributed by atoms with Crippen LogP contribution in [0.1, 0.15) is 18.4 Å². The SMILES string of the molecule is COCCCN(C(=O)Cc1ccc(Br)cc1)C1CCS(=O)(=O)C1. The van der Waals surface area contributed by atoms with Crippen LogP contribution in [0.15, 0.2) is 28.7 Å². The molecule has 23 heavy (non-hydrogen) atoms. The second kappa shape index (κ2) is 8.26. The third-order valence-corrected chi connectivity index (χ3v) is 6.26. The van der Waals surface area contributed by atoms with Gasteiger partial charge in [-0.1, -0.05) is 28.1 Å². The first-order valence-corrected chi connectivity index (χ1v) is 10.3. The molecule has 1 aliphatic rings. The van der Waals surface area contributed by atoms with Crippen LogP contribution in [-0.2, 0) is 25.8 Å². The summed E-state index contributed by atoms with van der Waals surface area (Å²) < 4.78 is 29.5. The van der Waals surface area contributed by atoms with E-state index in [1.807, 2.05) is 24.3 Å². The second-order valence-electron chi connectivity index (χ2n) is 5.79. The molecule has 1 amide bonds. The molecule has 2 rings (SSSR count). The van der Waals surface area contributed by atoms with Crippen molar-refractivity contribution in [2.75, 3.05) is 31.8 Å². The van der Waals surface area contributed by atoms with Crippen molar-refractivity contribution in [3.05, 3.63) is 34.3 Å². The van der Waals surface area contributed by atoms with Gasteiger partial charge in [-0.15, -0.1) is 0 Å². The topological polar surface area (TPSA) is 63.7 Å². The summed E-state index contributed by atoms with van der Waals surface area (Å²) in [6, 6.07) is 7.40. The molecule has 1 aromatic carbocycles. The van der Waals surface area contributed by atoms with Crippen LogP contribution in [0.3, 0.4) is 0 Å². The molecule has 0 bridgehead atoms. The molecule has 7 heteroatoms. The van der Waals surface area contributed by atoms with E-state index < -0.39 is 9.84 Å². The Bertz CT molecular complexity index is 630. The first-order valence-electron chi connectivity index (χ1n) is 7.64. The number of sulfone groups is 1. The van der Waals surface area contributed by atoms with Gasteiger partial charge < -0.3 is 9.64 Å². The molecular weight excluding hydrogens is 382 g/mol. The predicted molar refractivity (Wildman–Crippen MR) is 93.1 cm³/mol. The highest BCUT2D eigenvalue weighted by Crippen LogP contribution is 2.20. The van der Waals surface area contributed by atoms with Crippen molar-refractivity contribution in [3.63, 3.8) is 0 Å². The lowest BCUT2D eigenvalue weighted by molar-refractivity contribution is -0.132. The Labute approximate surface area is 146 Å². The van der Waals surface area contributed by atoms with E-state index in [0.717, 1.165) is 10.0 Å². The number of nitrogens with zero attached hydrogens (tertiary/aromatic N) is 1. The largest absolute Gasteiger partial charge is 0.385 e. The van der Waals surface area contributed by atoms with E-state index in [9.17, 15) is 13.2 Å². The number of amides is 1. The van der Waals surface area contributed by atoms with Crippen LogP contribution in [0, 0.1) is 0 Å². The van der Waals surface area contributed by atoms with Crippen molar-refractivity contribution >= 4 is 31.7 Å². The number of ether oxygens (including phenoxy) is 1. The van der Waals surface area contributed by atoms with Gasteiger partial charge in [0.05, 0.1) is 17.9 Å². The van der Waals surface area contributed by atoms with E-state index in [0.29, 0.717) is 26.0 Å². The van der Waals surface area contributed by atoms with Gasteiger partial charge in [0.15, 0.2) is 9.84 Å². The maximum Gasteiger partial charge on any atom is 0.227 e. The van der Waals surface area contributed by atoms with Crippen molar-refractivity contribution in [2.24, 2.45) is 0 Å². The highest BCUT2D eigenvalue weighted by Gasteiger charge is 2.34. The minimum Gasteiger partial charge on any atom is -0.385 e. The number of carbonyl (C=O) groups is 1. The van der Waals surface area contributed by atoms with Gasteiger partial charge in [0, 0.05) is 30.8 Å². The summed E-state index contributed by atoms with van der Waals surface area (Å²) in [6.45, 7) is 1.09. The summed E-state index contributed by atoms with van der Waals surface area (Å²) >= 11 is 3.37. The molecule has 1 saturated heterocycles. The molecule has 128 valence electrons. The summed E-state index contributed by atoms with van der Waals surface area (Å²) in [4.78, 5) is 14.4. The van der Waals surface area contributed by atoms with Crippen LogP contribution in [0.2, 0.25) is 0 Å². The van der Waals surface area contributed by atoms with E-state index in [1.165, 1.54) is 0 Å². The molecular formula is C16H22BrNO4S. The molecule has 1 aromatic rings. The van der Waals surface area contributed by atoms with Gasteiger partial charge in [-0.2, -0.15) is 0 Å². The Hall–Kier alpha value is -0.920. The van der Waals surface area contributed by atoms with Crippen molar-refractivity contribution in [1.29, 1.82) is 0 Å². The number of carbonyl (C=O) groups excluding carboxylic acids is 1. The highest BCUT2D eigenvalue weighted by atomic mass is 79.9. The van der Waals surface area contributed by atoms with Gasteiger partial charge in [0.2, 0.25) is 5.91 Å². The zero-order valence-corrected chi connectivity index (χ0v) is 15.6. The molecule has 1 unspecified atom stereocenters. The number of rotatable bonds is 7. The van der Waals surface area contributed by atoms with Gasteiger partial charge in [0.25, 0.3) is 0 Å². The van der Waals surface area contributed by atoms with Gasteiger partial charge in [-0.05, 0) is 30.5 Å². The van der Waals surface area contributed by atoms with Crippen molar-refractivity contribution < 1.29 is 17.9 Å². The van der Waals surface area contributed by atoms with Gasteiger partial charge in [-0.25, -0.2) is 8.42 Å². The Morgan fingerprint density at radius 1 is 1.35 bits per heavy atom. The maximum atomic E-state index is 12.7. The maximum absolute atomic E-state index is 12.7.